The summed E-state index contributed by atoms with van der Waals surface area (Å²) in [4.78, 5) is 19.2. The van der Waals surface area contributed by atoms with Crippen LogP contribution in [0.3, 0.4) is 0 Å². The molecule has 0 spiro atoms. The molecule has 0 radical (unpaired) electrons. The summed E-state index contributed by atoms with van der Waals surface area (Å²) in [7, 11) is 0. The van der Waals surface area contributed by atoms with Crippen molar-refractivity contribution in [3.8, 4) is 10.6 Å². The fraction of sp³-hybridized carbons (Fsp3) is 0.100. The molecular formula is C10H8N2OS. The average Bonchev–Trinajstić information content (AvgIpc) is 2.68. The Morgan fingerprint density at radius 3 is 2.64 bits per heavy atom. The summed E-state index contributed by atoms with van der Waals surface area (Å²) in [5.41, 5.74) is 1.53. The van der Waals surface area contributed by atoms with Crippen LogP contribution in [0, 0.1) is 0 Å². The molecule has 0 aliphatic carbocycles. The van der Waals surface area contributed by atoms with Gasteiger partial charge in [-0.1, -0.05) is 0 Å². The number of carbonyl (C=O) groups is 1. The van der Waals surface area contributed by atoms with Gasteiger partial charge < -0.3 is 0 Å². The van der Waals surface area contributed by atoms with Crippen molar-refractivity contribution in [3.05, 3.63) is 35.6 Å². The van der Waals surface area contributed by atoms with Crippen LogP contribution >= 0.6 is 11.3 Å². The maximum Gasteiger partial charge on any atom is 0.178 e. The third-order valence-electron chi connectivity index (χ3n) is 1.79. The molecule has 0 atom stereocenters. The number of aromatic nitrogens is 2. The third kappa shape index (κ3) is 1.70. The molecule has 0 bridgehead atoms. The Bertz CT molecular complexity index is 450. The lowest BCUT2D eigenvalue weighted by atomic mass is 10.3. The van der Waals surface area contributed by atoms with Crippen molar-refractivity contribution in [3.63, 3.8) is 0 Å². The molecule has 0 fully saturated rings. The van der Waals surface area contributed by atoms with Crippen LogP contribution in [0.15, 0.2) is 29.9 Å². The largest absolute Gasteiger partial charge is 0.293 e. The SMILES string of the molecule is CC(=O)c1csc(-c2ccncc2)n1. The lowest BCUT2D eigenvalue weighted by Gasteiger charge is -1.92. The van der Waals surface area contributed by atoms with E-state index in [0.717, 1.165) is 10.6 Å². The molecule has 14 heavy (non-hydrogen) atoms. The van der Waals surface area contributed by atoms with E-state index >= 15 is 0 Å². The first kappa shape index (κ1) is 9.02. The van der Waals surface area contributed by atoms with Crippen molar-refractivity contribution in [1.82, 2.24) is 9.97 Å². The molecule has 0 N–H and O–H groups in total. The Hall–Kier alpha value is -1.55. The molecule has 0 aliphatic heterocycles. The van der Waals surface area contributed by atoms with E-state index in [1.54, 1.807) is 17.8 Å². The van der Waals surface area contributed by atoms with E-state index in [-0.39, 0.29) is 5.78 Å². The zero-order valence-corrected chi connectivity index (χ0v) is 8.41. The summed E-state index contributed by atoms with van der Waals surface area (Å²) in [5.74, 6) is 0.00144. The fourth-order valence-corrected chi connectivity index (χ4v) is 1.93. The zero-order valence-electron chi connectivity index (χ0n) is 7.60. The van der Waals surface area contributed by atoms with E-state index in [1.165, 1.54) is 18.3 Å². The number of ketones is 1. The number of hydrogen-bond acceptors (Lipinski definition) is 4. The number of rotatable bonds is 2. The lowest BCUT2D eigenvalue weighted by molar-refractivity contribution is 0.101. The van der Waals surface area contributed by atoms with Crippen molar-refractivity contribution < 1.29 is 4.79 Å². The van der Waals surface area contributed by atoms with Gasteiger partial charge in [-0.2, -0.15) is 0 Å². The van der Waals surface area contributed by atoms with Gasteiger partial charge in [0.1, 0.15) is 10.7 Å². The number of nitrogens with zero attached hydrogens (tertiary/aromatic N) is 2. The molecule has 0 amide bonds. The second-order valence-electron chi connectivity index (χ2n) is 2.83. The molecule has 0 aromatic carbocycles. The minimum atomic E-state index is 0.00144. The summed E-state index contributed by atoms with van der Waals surface area (Å²) in [6.45, 7) is 1.52. The highest BCUT2D eigenvalue weighted by Crippen LogP contribution is 2.22. The van der Waals surface area contributed by atoms with Crippen LogP contribution in [0.1, 0.15) is 17.4 Å². The van der Waals surface area contributed by atoms with E-state index in [0.29, 0.717) is 5.69 Å². The minimum Gasteiger partial charge on any atom is -0.293 e. The van der Waals surface area contributed by atoms with E-state index in [4.69, 9.17) is 0 Å². The number of pyridine rings is 1. The average molecular weight is 204 g/mol. The third-order valence-corrected chi connectivity index (χ3v) is 2.68. The summed E-state index contributed by atoms with van der Waals surface area (Å²) in [5, 5.41) is 2.63. The second kappa shape index (κ2) is 3.67. The molecule has 0 unspecified atom stereocenters. The van der Waals surface area contributed by atoms with Crippen LogP contribution < -0.4 is 0 Å². The molecule has 2 rings (SSSR count). The van der Waals surface area contributed by atoms with E-state index in [2.05, 4.69) is 9.97 Å². The highest BCUT2D eigenvalue weighted by Gasteiger charge is 2.06. The predicted molar refractivity (Wildman–Crippen MR) is 55.3 cm³/mol. The van der Waals surface area contributed by atoms with Gasteiger partial charge in [-0.3, -0.25) is 9.78 Å². The first-order valence-corrected chi connectivity index (χ1v) is 5.02. The van der Waals surface area contributed by atoms with Crippen LogP contribution in [-0.4, -0.2) is 15.8 Å². The topological polar surface area (TPSA) is 42.9 Å². The van der Waals surface area contributed by atoms with Crippen LogP contribution in [-0.2, 0) is 0 Å². The van der Waals surface area contributed by atoms with Gasteiger partial charge in [0.2, 0.25) is 0 Å². The number of carbonyl (C=O) groups excluding carboxylic acids is 1. The number of thiazole rings is 1. The molecule has 0 saturated heterocycles. The minimum absolute atomic E-state index is 0.00144. The van der Waals surface area contributed by atoms with Crippen molar-refractivity contribution >= 4 is 17.1 Å². The summed E-state index contributed by atoms with van der Waals surface area (Å²) in [6.07, 6.45) is 3.42. The first-order chi connectivity index (χ1) is 6.77. The second-order valence-corrected chi connectivity index (χ2v) is 3.69. The lowest BCUT2D eigenvalue weighted by Crippen LogP contribution is -1.91. The highest BCUT2D eigenvalue weighted by molar-refractivity contribution is 7.13. The van der Waals surface area contributed by atoms with Crippen molar-refractivity contribution in [1.29, 1.82) is 0 Å². The number of hydrogen-bond donors (Lipinski definition) is 0. The molecule has 3 nitrogen and oxygen atoms in total. The highest BCUT2D eigenvalue weighted by atomic mass is 32.1. The van der Waals surface area contributed by atoms with E-state index in [1.807, 2.05) is 12.1 Å². The molecule has 2 heterocycles. The van der Waals surface area contributed by atoms with Gasteiger partial charge in [-0.15, -0.1) is 11.3 Å². The van der Waals surface area contributed by atoms with Crippen LogP contribution in [0.2, 0.25) is 0 Å². The number of Topliss-reactive ketones (excluding diaryl/α,β-unsaturated/α-hetero) is 1. The zero-order chi connectivity index (χ0) is 9.97. The van der Waals surface area contributed by atoms with E-state index in [9.17, 15) is 4.79 Å². The maximum absolute atomic E-state index is 11.0. The van der Waals surface area contributed by atoms with Crippen LogP contribution in [0.25, 0.3) is 10.6 Å². The van der Waals surface area contributed by atoms with Gasteiger partial charge in [0.25, 0.3) is 0 Å². The van der Waals surface area contributed by atoms with Gasteiger partial charge in [-0.25, -0.2) is 4.98 Å². The maximum atomic E-state index is 11.0. The van der Waals surface area contributed by atoms with Crippen molar-refractivity contribution in [2.24, 2.45) is 0 Å². The predicted octanol–water partition coefficient (Wildman–Crippen LogP) is 2.41. The standard InChI is InChI=1S/C10H8N2OS/c1-7(13)9-6-14-10(12-9)8-2-4-11-5-3-8/h2-6H,1H3. The molecular weight excluding hydrogens is 196 g/mol. The van der Waals surface area contributed by atoms with Gasteiger partial charge >= 0.3 is 0 Å². The summed E-state index contributed by atoms with van der Waals surface area (Å²) in [6, 6.07) is 3.76. The van der Waals surface area contributed by atoms with E-state index < -0.39 is 0 Å². The first-order valence-electron chi connectivity index (χ1n) is 4.14. The fourth-order valence-electron chi connectivity index (χ4n) is 1.06. The Balaban J connectivity index is 2.39. The molecule has 0 saturated carbocycles. The monoisotopic (exact) mass is 204 g/mol. The molecule has 2 aromatic heterocycles. The molecule has 0 aliphatic rings. The van der Waals surface area contributed by atoms with Gasteiger partial charge in [0.05, 0.1) is 0 Å². The van der Waals surface area contributed by atoms with Gasteiger partial charge in [0, 0.05) is 30.3 Å². The van der Waals surface area contributed by atoms with Gasteiger partial charge in [-0.05, 0) is 12.1 Å². The smallest absolute Gasteiger partial charge is 0.178 e. The Labute approximate surface area is 85.5 Å². The summed E-state index contributed by atoms with van der Waals surface area (Å²) >= 11 is 1.47. The molecule has 70 valence electrons. The van der Waals surface area contributed by atoms with Crippen molar-refractivity contribution in [2.75, 3.05) is 0 Å². The Kier molecular flexibility index (Phi) is 2.37. The molecule has 2 aromatic rings. The van der Waals surface area contributed by atoms with Crippen LogP contribution in [0.5, 0.6) is 0 Å². The van der Waals surface area contributed by atoms with Gasteiger partial charge in [0.15, 0.2) is 5.78 Å². The molecule has 4 heteroatoms. The quantitative estimate of drug-likeness (QED) is 0.705. The Morgan fingerprint density at radius 2 is 2.07 bits per heavy atom. The summed E-state index contributed by atoms with van der Waals surface area (Å²) < 4.78 is 0. The van der Waals surface area contributed by atoms with Crippen molar-refractivity contribution in [2.45, 2.75) is 6.92 Å². The normalized spacial score (nSPS) is 10.1. The van der Waals surface area contributed by atoms with Crippen LogP contribution in [0.4, 0.5) is 0 Å². The Morgan fingerprint density at radius 1 is 1.36 bits per heavy atom.